The Kier molecular flexibility index (Phi) is 3.87. The molecule has 1 saturated carbocycles. The van der Waals surface area contributed by atoms with Gasteiger partial charge in [0, 0.05) is 13.7 Å². The van der Waals surface area contributed by atoms with Crippen LogP contribution >= 0.6 is 0 Å². The third-order valence-electron chi connectivity index (χ3n) is 2.61. The standard InChI is InChI=1S/C9H19NO/c1-10-7-8-5-3-4-6-9(8)11-2/h8-10H,3-7H2,1-2H3/t8-,9-/m1/s1. The molecule has 0 saturated heterocycles. The zero-order chi connectivity index (χ0) is 8.10. The minimum Gasteiger partial charge on any atom is -0.381 e. The second kappa shape index (κ2) is 4.73. The first-order valence-corrected chi connectivity index (χ1v) is 4.56. The highest BCUT2D eigenvalue weighted by molar-refractivity contribution is 4.76. The van der Waals surface area contributed by atoms with Crippen LogP contribution in [-0.4, -0.2) is 26.8 Å². The van der Waals surface area contributed by atoms with Crippen molar-refractivity contribution in [2.75, 3.05) is 20.7 Å². The molecule has 1 N–H and O–H groups in total. The van der Waals surface area contributed by atoms with Gasteiger partial charge in [0.1, 0.15) is 0 Å². The van der Waals surface area contributed by atoms with Crippen molar-refractivity contribution in [1.29, 1.82) is 0 Å². The summed E-state index contributed by atoms with van der Waals surface area (Å²) in [5.74, 6) is 0.749. The van der Waals surface area contributed by atoms with Gasteiger partial charge in [0.2, 0.25) is 0 Å². The van der Waals surface area contributed by atoms with Crippen molar-refractivity contribution >= 4 is 0 Å². The lowest BCUT2D eigenvalue weighted by Gasteiger charge is -2.30. The predicted molar refractivity (Wildman–Crippen MR) is 46.7 cm³/mol. The molecule has 66 valence electrons. The van der Waals surface area contributed by atoms with Crippen LogP contribution in [0.3, 0.4) is 0 Å². The van der Waals surface area contributed by atoms with E-state index in [0.717, 1.165) is 12.5 Å². The van der Waals surface area contributed by atoms with Crippen molar-refractivity contribution in [3.8, 4) is 0 Å². The van der Waals surface area contributed by atoms with Gasteiger partial charge in [0.05, 0.1) is 6.10 Å². The molecule has 0 aliphatic heterocycles. The third kappa shape index (κ3) is 2.46. The zero-order valence-electron chi connectivity index (χ0n) is 7.60. The van der Waals surface area contributed by atoms with E-state index in [4.69, 9.17) is 4.74 Å². The maximum atomic E-state index is 5.42. The monoisotopic (exact) mass is 157 g/mol. The van der Waals surface area contributed by atoms with Crippen molar-refractivity contribution in [1.82, 2.24) is 5.32 Å². The largest absolute Gasteiger partial charge is 0.381 e. The summed E-state index contributed by atoms with van der Waals surface area (Å²) in [7, 11) is 3.85. The van der Waals surface area contributed by atoms with E-state index in [2.05, 4.69) is 5.32 Å². The molecule has 1 fully saturated rings. The van der Waals surface area contributed by atoms with E-state index in [0.29, 0.717) is 6.10 Å². The van der Waals surface area contributed by atoms with E-state index in [1.54, 1.807) is 0 Å². The van der Waals surface area contributed by atoms with Gasteiger partial charge in [-0.3, -0.25) is 0 Å². The van der Waals surface area contributed by atoms with Crippen molar-refractivity contribution < 1.29 is 4.74 Å². The molecule has 2 atom stereocenters. The fraction of sp³-hybridized carbons (Fsp3) is 1.00. The molecule has 0 spiro atoms. The zero-order valence-corrected chi connectivity index (χ0v) is 7.60. The Morgan fingerprint density at radius 2 is 2.09 bits per heavy atom. The summed E-state index contributed by atoms with van der Waals surface area (Å²) in [5, 5.41) is 3.22. The Labute approximate surface area is 69.3 Å². The lowest BCUT2D eigenvalue weighted by Crippen LogP contribution is -2.33. The summed E-state index contributed by atoms with van der Waals surface area (Å²) < 4.78 is 5.42. The lowest BCUT2D eigenvalue weighted by molar-refractivity contribution is 0.0247. The van der Waals surface area contributed by atoms with Gasteiger partial charge in [-0.25, -0.2) is 0 Å². The minimum absolute atomic E-state index is 0.510. The molecule has 0 amide bonds. The fourth-order valence-electron chi connectivity index (χ4n) is 1.98. The van der Waals surface area contributed by atoms with Crippen LogP contribution in [0.15, 0.2) is 0 Å². The van der Waals surface area contributed by atoms with E-state index in [1.807, 2.05) is 14.2 Å². The molecule has 0 radical (unpaired) electrons. The Morgan fingerprint density at radius 1 is 1.36 bits per heavy atom. The van der Waals surface area contributed by atoms with Crippen molar-refractivity contribution in [2.45, 2.75) is 31.8 Å². The first kappa shape index (κ1) is 9.01. The molecule has 0 aromatic rings. The van der Waals surface area contributed by atoms with Crippen LogP contribution in [0.5, 0.6) is 0 Å². The average Bonchev–Trinajstić information content (AvgIpc) is 2.06. The van der Waals surface area contributed by atoms with E-state index >= 15 is 0 Å². The maximum absolute atomic E-state index is 5.42. The molecule has 0 aromatic carbocycles. The average molecular weight is 157 g/mol. The van der Waals surface area contributed by atoms with Crippen LogP contribution in [0.2, 0.25) is 0 Å². The maximum Gasteiger partial charge on any atom is 0.0611 e. The Morgan fingerprint density at radius 3 is 2.73 bits per heavy atom. The molecule has 11 heavy (non-hydrogen) atoms. The molecule has 1 aliphatic carbocycles. The Hall–Kier alpha value is -0.0800. The summed E-state index contributed by atoms with van der Waals surface area (Å²) in [5.41, 5.74) is 0. The Bertz CT molecular complexity index is 104. The molecule has 0 bridgehead atoms. The van der Waals surface area contributed by atoms with E-state index in [-0.39, 0.29) is 0 Å². The highest BCUT2D eigenvalue weighted by Gasteiger charge is 2.23. The Balaban J connectivity index is 2.31. The smallest absolute Gasteiger partial charge is 0.0611 e. The number of ether oxygens (including phenoxy) is 1. The number of rotatable bonds is 3. The van der Waals surface area contributed by atoms with Gasteiger partial charge in [-0.2, -0.15) is 0 Å². The van der Waals surface area contributed by atoms with Crippen LogP contribution in [-0.2, 0) is 4.74 Å². The van der Waals surface area contributed by atoms with Crippen LogP contribution in [0.4, 0.5) is 0 Å². The van der Waals surface area contributed by atoms with Gasteiger partial charge >= 0.3 is 0 Å². The molecule has 2 nitrogen and oxygen atoms in total. The number of methoxy groups -OCH3 is 1. The molecule has 0 heterocycles. The first-order chi connectivity index (χ1) is 5.38. The molecular formula is C9H19NO. The van der Waals surface area contributed by atoms with Crippen LogP contribution in [0.1, 0.15) is 25.7 Å². The van der Waals surface area contributed by atoms with Crippen molar-refractivity contribution in [3.63, 3.8) is 0 Å². The molecule has 1 rings (SSSR count). The van der Waals surface area contributed by atoms with Crippen LogP contribution in [0, 0.1) is 5.92 Å². The molecule has 0 unspecified atom stereocenters. The minimum atomic E-state index is 0.510. The third-order valence-corrected chi connectivity index (χ3v) is 2.61. The van der Waals surface area contributed by atoms with E-state index < -0.39 is 0 Å². The second-order valence-corrected chi connectivity index (χ2v) is 3.38. The molecule has 2 heteroatoms. The number of nitrogens with one attached hydrogen (secondary N) is 1. The SMILES string of the molecule is CNC[C@H]1CCCC[C@H]1OC. The number of hydrogen-bond acceptors (Lipinski definition) is 2. The quantitative estimate of drug-likeness (QED) is 0.669. The number of hydrogen-bond donors (Lipinski definition) is 1. The summed E-state index contributed by atoms with van der Waals surface area (Å²) >= 11 is 0. The fourth-order valence-corrected chi connectivity index (χ4v) is 1.98. The molecule has 1 aliphatic rings. The predicted octanol–water partition coefficient (Wildman–Crippen LogP) is 1.41. The highest BCUT2D eigenvalue weighted by atomic mass is 16.5. The van der Waals surface area contributed by atoms with Crippen molar-refractivity contribution in [3.05, 3.63) is 0 Å². The van der Waals surface area contributed by atoms with Crippen molar-refractivity contribution in [2.24, 2.45) is 5.92 Å². The molecule has 0 aromatic heterocycles. The van der Waals surface area contributed by atoms with Gasteiger partial charge in [-0.1, -0.05) is 12.8 Å². The lowest BCUT2D eigenvalue weighted by atomic mass is 9.86. The first-order valence-electron chi connectivity index (χ1n) is 4.56. The molecular weight excluding hydrogens is 138 g/mol. The van der Waals surface area contributed by atoms with Crippen LogP contribution < -0.4 is 5.32 Å². The summed E-state index contributed by atoms with van der Waals surface area (Å²) in [6.45, 7) is 1.11. The van der Waals surface area contributed by atoms with Gasteiger partial charge in [-0.15, -0.1) is 0 Å². The summed E-state index contributed by atoms with van der Waals surface area (Å²) in [6.07, 6.45) is 5.82. The van der Waals surface area contributed by atoms with E-state index in [9.17, 15) is 0 Å². The van der Waals surface area contributed by atoms with Gasteiger partial charge in [0.25, 0.3) is 0 Å². The highest BCUT2D eigenvalue weighted by Crippen LogP contribution is 2.25. The van der Waals surface area contributed by atoms with Crippen LogP contribution in [0.25, 0.3) is 0 Å². The van der Waals surface area contributed by atoms with Gasteiger partial charge < -0.3 is 10.1 Å². The van der Waals surface area contributed by atoms with Gasteiger partial charge in [-0.05, 0) is 25.8 Å². The normalized spacial score (nSPS) is 32.2. The second-order valence-electron chi connectivity index (χ2n) is 3.38. The summed E-state index contributed by atoms with van der Waals surface area (Å²) in [6, 6.07) is 0. The topological polar surface area (TPSA) is 21.3 Å². The summed E-state index contributed by atoms with van der Waals surface area (Å²) in [4.78, 5) is 0. The van der Waals surface area contributed by atoms with E-state index in [1.165, 1.54) is 25.7 Å². The van der Waals surface area contributed by atoms with Gasteiger partial charge in [0.15, 0.2) is 0 Å².